The van der Waals surface area contributed by atoms with Gasteiger partial charge in [-0.2, -0.15) is 4.98 Å². The van der Waals surface area contributed by atoms with Gasteiger partial charge in [0.2, 0.25) is 5.78 Å². The summed E-state index contributed by atoms with van der Waals surface area (Å²) in [5, 5.41) is 3.66. The van der Waals surface area contributed by atoms with Gasteiger partial charge in [-0.1, -0.05) is 51.1 Å². The maximum Gasteiger partial charge on any atom is 0.236 e. The summed E-state index contributed by atoms with van der Waals surface area (Å²) in [6.45, 7) is 11.2. The maximum atomic E-state index is 4.74. The third kappa shape index (κ3) is 3.58. The van der Waals surface area contributed by atoms with Crippen LogP contribution in [-0.2, 0) is 0 Å². The largest absolute Gasteiger partial charge is 0.363 e. The fraction of sp³-hybridized carbons (Fsp3) is 0.400. The minimum Gasteiger partial charge on any atom is -0.363 e. The summed E-state index contributed by atoms with van der Waals surface area (Å²) in [7, 11) is 0. The van der Waals surface area contributed by atoms with Crippen LogP contribution in [0.3, 0.4) is 0 Å². The van der Waals surface area contributed by atoms with E-state index in [9.17, 15) is 0 Å². The molecule has 0 bridgehead atoms. The molecular formula is C20H26N4. The zero-order chi connectivity index (χ0) is 17.4. The van der Waals surface area contributed by atoms with Gasteiger partial charge in [-0.25, -0.2) is 4.98 Å². The van der Waals surface area contributed by atoms with E-state index in [1.165, 1.54) is 0 Å². The Kier molecular flexibility index (Phi) is 4.08. The third-order valence-electron chi connectivity index (χ3n) is 3.88. The van der Waals surface area contributed by atoms with Crippen molar-refractivity contribution in [3.05, 3.63) is 48.8 Å². The number of imidazole rings is 1. The van der Waals surface area contributed by atoms with Crippen LogP contribution in [0.25, 0.3) is 17.0 Å². The van der Waals surface area contributed by atoms with Gasteiger partial charge in [-0.15, -0.1) is 0 Å². The fourth-order valence-corrected chi connectivity index (χ4v) is 3.54. The Balaban J connectivity index is 2.08. The molecule has 0 spiro atoms. The molecule has 24 heavy (non-hydrogen) atoms. The molecule has 1 aromatic carbocycles. The Morgan fingerprint density at radius 3 is 2.38 bits per heavy atom. The number of rotatable bonds is 4. The molecule has 1 N–H and O–H groups in total. The van der Waals surface area contributed by atoms with Crippen LogP contribution in [0, 0.1) is 5.41 Å². The molecule has 0 fully saturated rings. The molecule has 0 saturated carbocycles. The predicted molar refractivity (Wildman–Crippen MR) is 100 cm³/mol. The van der Waals surface area contributed by atoms with Gasteiger partial charge in [0.15, 0.2) is 5.82 Å². The average Bonchev–Trinajstić information content (AvgIpc) is 2.82. The van der Waals surface area contributed by atoms with Gasteiger partial charge in [-0.05, 0) is 31.7 Å². The predicted octanol–water partition coefficient (Wildman–Crippen LogP) is 5.02. The number of aromatic nitrogens is 3. The number of hydrogen-bond donors (Lipinski definition) is 1. The van der Waals surface area contributed by atoms with Gasteiger partial charge >= 0.3 is 0 Å². The summed E-state index contributed by atoms with van der Waals surface area (Å²) in [6, 6.07) is 12.3. The van der Waals surface area contributed by atoms with Gasteiger partial charge < -0.3 is 5.32 Å². The molecule has 2 aromatic heterocycles. The lowest BCUT2D eigenvalue weighted by atomic mass is 9.82. The van der Waals surface area contributed by atoms with Gasteiger partial charge in [-0.3, -0.25) is 4.40 Å². The van der Waals surface area contributed by atoms with Crippen molar-refractivity contribution in [3.63, 3.8) is 0 Å². The monoisotopic (exact) mass is 322 g/mol. The molecule has 3 rings (SSSR count). The van der Waals surface area contributed by atoms with Crippen LogP contribution < -0.4 is 5.32 Å². The number of nitrogens with zero attached hydrogens (tertiary/aromatic N) is 3. The molecule has 0 aliphatic carbocycles. The molecule has 0 saturated heterocycles. The van der Waals surface area contributed by atoms with E-state index in [1.807, 2.05) is 22.7 Å². The summed E-state index contributed by atoms with van der Waals surface area (Å²) in [6.07, 6.45) is 4.83. The SMILES string of the molecule is CC(C)(C)CC(C)(C)Nc1nc2ncccn2c1-c1ccccc1. The quantitative estimate of drug-likeness (QED) is 0.733. The first kappa shape index (κ1) is 16.5. The van der Waals surface area contributed by atoms with Crippen molar-refractivity contribution in [2.75, 3.05) is 5.32 Å². The summed E-state index contributed by atoms with van der Waals surface area (Å²) >= 11 is 0. The third-order valence-corrected chi connectivity index (χ3v) is 3.88. The molecule has 0 atom stereocenters. The highest BCUT2D eigenvalue weighted by Crippen LogP contribution is 2.34. The summed E-state index contributed by atoms with van der Waals surface area (Å²) < 4.78 is 2.05. The molecule has 4 heteroatoms. The Morgan fingerprint density at radius 1 is 1.00 bits per heavy atom. The second-order valence-electron chi connectivity index (χ2n) is 8.21. The van der Waals surface area contributed by atoms with Gasteiger partial charge in [0.25, 0.3) is 0 Å². The number of benzene rings is 1. The Labute approximate surface area is 144 Å². The molecule has 0 amide bonds. The van der Waals surface area contributed by atoms with Crippen molar-refractivity contribution in [3.8, 4) is 11.3 Å². The molecule has 2 heterocycles. The van der Waals surface area contributed by atoms with Crippen LogP contribution in [0.5, 0.6) is 0 Å². The zero-order valence-electron chi connectivity index (χ0n) is 15.2. The Hall–Kier alpha value is -2.36. The molecule has 3 aromatic rings. The lowest BCUT2D eigenvalue weighted by Gasteiger charge is -2.33. The highest BCUT2D eigenvalue weighted by atomic mass is 15.2. The first-order chi connectivity index (χ1) is 11.3. The van der Waals surface area contributed by atoms with Crippen LogP contribution >= 0.6 is 0 Å². The molecular weight excluding hydrogens is 296 g/mol. The Bertz CT molecular complexity index is 826. The van der Waals surface area contributed by atoms with E-state index in [-0.39, 0.29) is 11.0 Å². The van der Waals surface area contributed by atoms with E-state index in [1.54, 1.807) is 6.20 Å². The van der Waals surface area contributed by atoms with Gasteiger partial charge in [0.05, 0.1) is 5.69 Å². The van der Waals surface area contributed by atoms with Gasteiger partial charge in [0, 0.05) is 23.5 Å². The normalized spacial score (nSPS) is 12.5. The first-order valence-corrected chi connectivity index (χ1v) is 8.42. The fourth-order valence-electron chi connectivity index (χ4n) is 3.54. The van der Waals surface area contributed by atoms with Crippen LogP contribution in [-0.4, -0.2) is 19.9 Å². The number of fused-ring (bicyclic) bond motifs is 1. The van der Waals surface area contributed by atoms with E-state index in [0.29, 0.717) is 5.78 Å². The average molecular weight is 322 g/mol. The van der Waals surface area contributed by atoms with E-state index in [2.05, 4.69) is 69.2 Å². The Morgan fingerprint density at radius 2 is 1.71 bits per heavy atom. The smallest absolute Gasteiger partial charge is 0.236 e. The number of nitrogens with one attached hydrogen (secondary N) is 1. The van der Waals surface area contributed by atoms with Gasteiger partial charge in [0.1, 0.15) is 0 Å². The maximum absolute atomic E-state index is 4.74. The van der Waals surface area contributed by atoms with Crippen molar-refractivity contribution in [1.29, 1.82) is 0 Å². The zero-order valence-corrected chi connectivity index (χ0v) is 15.2. The van der Waals surface area contributed by atoms with Crippen LogP contribution in [0.4, 0.5) is 5.82 Å². The van der Waals surface area contributed by atoms with Crippen LogP contribution in [0.2, 0.25) is 0 Å². The van der Waals surface area contributed by atoms with Crippen molar-refractivity contribution in [2.24, 2.45) is 5.41 Å². The summed E-state index contributed by atoms with van der Waals surface area (Å²) in [5.41, 5.74) is 2.35. The molecule has 4 nitrogen and oxygen atoms in total. The number of anilines is 1. The molecule has 0 aliphatic rings. The first-order valence-electron chi connectivity index (χ1n) is 8.42. The molecule has 0 radical (unpaired) electrons. The number of hydrogen-bond acceptors (Lipinski definition) is 3. The standard InChI is InChI=1S/C20H26N4/c1-19(2,3)14-20(4,5)23-17-16(15-10-7-6-8-11-15)24-13-9-12-21-18(24)22-17/h6-13,23H,14H2,1-5H3. The minimum absolute atomic E-state index is 0.0697. The highest BCUT2D eigenvalue weighted by Gasteiger charge is 2.27. The van der Waals surface area contributed by atoms with Crippen molar-refractivity contribution in [2.45, 2.75) is 46.6 Å². The second-order valence-corrected chi connectivity index (χ2v) is 8.21. The highest BCUT2D eigenvalue weighted by molar-refractivity contribution is 5.76. The van der Waals surface area contributed by atoms with E-state index in [0.717, 1.165) is 23.5 Å². The van der Waals surface area contributed by atoms with Crippen molar-refractivity contribution < 1.29 is 0 Å². The minimum atomic E-state index is -0.0697. The van der Waals surface area contributed by atoms with Crippen molar-refractivity contribution in [1.82, 2.24) is 14.4 Å². The topological polar surface area (TPSA) is 42.2 Å². The van der Waals surface area contributed by atoms with E-state index < -0.39 is 0 Å². The molecule has 0 aliphatic heterocycles. The lowest BCUT2D eigenvalue weighted by Crippen LogP contribution is -2.35. The molecule has 0 unspecified atom stereocenters. The van der Waals surface area contributed by atoms with Crippen molar-refractivity contribution >= 4 is 11.6 Å². The summed E-state index contributed by atoms with van der Waals surface area (Å²) in [5.74, 6) is 1.60. The molecule has 126 valence electrons. The van der Waals surface area contributed by atoms with E-state index >= 15 is 0 Å². The van der Waals surface area contributed by atoms with Crippen LogP contribution in [0.15, 0.2) is 48.8 Å². The van der Waals surface area contributed by atoms with E-state index in [4.69, 9.17) is 4.98 Å². The lowest BCUT2D eigenvalue weighted by molar-refractivity contribution is 0.302. The second kappa shape index (κ2) is 5.93. The van der Waals surface area contributed by atoms with Crippen LogP contribution in [0.1, 0.15) is 41.0 Å². The summed E-state index contributed by atoms with van der Waals surface area (Å²) in [4.78, 5) is 9.15.